The number of methoxy groups -OCH3 is 1. The fourth-order valence-corrected chi connectivity index (χ4v) is 11.9. The minimum atomic E-state index is -0.389. The Balaban J connectivity index is 1.00. The lowest BCUT2D eigenvalue weighted by atomic mass is 9.68. The number of aromatic amines is 1. The average molecular weight is 704 g/mol. The van der Waals surface area contributed by atoms with Crippen LogP contribution in [0.5, 0.6) is 11.5 Å². The number of imide groups is 1. The summed E-state index contributed by atoms with van der Waals surface area (Å²) < 4.78 is 11.8. The quantitative estimate of drug-likeness (QED) is 0.184. The summed E-state index contributed by atoms with van der Waals surface area (Å²) in [6.45, 7) is 1.77. The van der Waals surface area contributed by atoms with Gasteiger partial charge in [-0.05, 0) is 72.4 Å². The molecule has 4 aliphatic rings. The molecule has 1 aromatic heterocycles. The van der Waals surface area contributed by atoms with Gasteiger partial charge in [-0.25, -0.2) is 0 Å². The topological polar surface area (TPSA) is 118 Å². The van der Waals surface area contributed by atoms with Gasteiger partial charge in [0, 0.05) is 27.1 Å². The molecule has 2 bridgehead atoms. The van der Waals surface area contributed by atoms with E-state index >= 15 is 0 Å². The summed E-state index contributed by atoms with van der Waals surface area (Å²) in [5.41, 5.74) is 3.34. The number of thiazole rings is 1. The van der Waals surface area contributed by atoms with Crippen molar-refractivity contribution in [1.82, 2.24) is 4.98 Å². The van der Waals surface area contributed by atoms with Gasteiger partial charge in [0.2, 0.25) is 11.8 Å². The number of thioether (sulfide) groups is 1. The van der Waals surface area contributed by atoms with E-state index in [1.165, 1.54) is 16.2 Å². The molecular weight excluding hydrogens is 671 g/mol. The molecule has 11 heteroatoms. The number of H-pyrrole nitrogens is 1. The minimum Gasteiger partial charge on any atom is -0.493 e. The van der Waals surface area contributed by atoms with Gasteiger partial charge in [-0.15, -0.1) is 11.8 Å². The zero-order valence-corrected chi connectivity index (χ0v) is 28.9. The SMILES string of the molecule is COc1cc([C@H]2c3sc(=O)[nH]c3SC3C4CC(C5C(=O)N(c6ccc(C)cc6)C(=O)C45)C32)ccc1OCC(=O)Nc1cccc2ccccc12. The van der Waals surface area contributed by atoms with E-state index in [2.05, 4.69) is 10.3 Å². The van der Waals surface area contributed by atoms with Crippen LogP contribution in [0, 0.1) is 36.5 Å². The molecular formula is C39H33N3O6S2. The minimum absolute atomic E-state index is 0.00978. The number of aromatic nitrogens is 1. The third-order valence-electron chi connectivity index (χ3n) is 11.0. The lowest BCUT2D eigenvalue weighted by molar-refractivity contribution is -0.123. The number of carbonyl (C=O) groups excluding carboxylic acids is 3. The van der Waals surface area contributed by atoms with E-state index in [4.69, 9.17) is 9.47 Å². The number of nitrogens with one attached hydrogen (secondary N) is 2. The van der Waals surface area contributed by atoms with Crippen molar-refractivity contribution in [3.63, 3.8) is 0 Å². The van der Waals surface area contributed by atoms with Crippen molar-refractivity contribution in [2.24, 2.45) is 29.6 Å². The van der Waals surface area contributed by atoms with Gasteiger partial charge in [0.1, 0.15) is 0 Å². The summed E-state index contributed by atoms with van der Waals surface area (Å²) in [5, 5.41) is 5.84. The molecule has 6 unspecified atom stereocenters. The van der Waals surface area contributed by atoms with Crippen LogP contribution in [0.15, 0.2) is 94.7 Å². The molecule has 7 atom stereocenters. The molecule has 2 aliphatic heterocycles. The highest BCUT2D eigenvalue weighted by Gasteiger charge is 2.69. The molecule has 2 N–H and O–H groups in total. The molecule has 50 heavy (non-hydrogen) atoms. The average Bonchev–Trinajstić information content (AvgIpc) is 3.86. The summed E-state index contributed by atoms with van der Waals surface area (Å²) in [4.78, 5) is 59.0. The molecule has 2 saturated carbocycles. The summed E-state index contributed by atoms with van der Waals surface area (Å²) in [6.07, 6.45) is 0.802. The van der Waals surface area contributed by atoms with Crippen LogP contribution in [0.4, 0.5) is 11.4 Å². The molecule has 5 aromatic rings. The van der Waals surface area contributed by atoms with E-state index in [9.17, 15) is 19.2 Å². The van der Waals surface area contributed by atoms with Gasteiger partial charge < -0.3 is 19.8 Å². The Kier molecular flexibility index (Phi) is 7.40. The van der Waals surface area contributed by atoms with Crippen LogP contribution in [-0.2, 0) is 14.4 Å². The summed E-state index contributed by atoms with van der Waals surface area (Å²) in [5.74, 6) is -0.494. The lowest BCUT2D eigenvalue weighted by Crippen LogP contribution is -2.42. The van der Waals surface area contributed by atoms with Crippen molar-refractivity contribution in [1.29, 1.82) is 0 Å². The van der Waals surface area contributed by atoms with Gasteiger partial charge in [-0.2, -0.15) is 0 Å². The summed E-state index contributed by atoms with van der Waals surface area (Å²) >= 11 is 2.87. The number of rotatable bonds is 7. The number of nitrogens with zero attached hydrogens (tertiary/aromatic N) is 1. The third kappa shape index (κ3) is 4.81. The van der Waals surface area contributed by atoms with Crippen LogP contribution >= 0.6 is 23.1 Å². The van der Waals surface area contributed by atoms with E-state index in [0.717, 1.165) is 38.2 Å². The van der Waals surface area contributed by atoms with Crippen molar-refractivity contribution in [2.45, 2.75) is 29.5 Å². The maximum absolute atomic E-state index is 14.1. The van der Waals surface area contributed by atoms with E-state index in [1.807, 2.05) is 91.9 Å². The van der Waals surface area contributed by atoms with Gasteiger partial charge in [0.25, 0.3) is 5.91 Å². The van der Waals surface area contributed by atoms with Crippen molar-refractivity contribution in [3.05, 3.63) is 111 Å². The highest BCUT2D eigenvalue weighted by atomic mass is 32.2. The molecule has 252 valence electrons. The number of carbonyl (C=O) groups is 3. The van der Waals surface area contributed by atoms with Crippen molar-refractivity contribution in [2.75, 3.05) is 23.9 Å². The first-order valence-electron chi connectivity index (χ1n) is 16.7. The molecule has 0 radical (unpaired) electrons. The maximum atomic E-state index is 14.1. The van der Waals surface area contributed by atoms with E-state index < -0.39 is 0 Å². The van der Waals surface area contributed by atoms with Crippen LogP contribution in [0.3, 0.4) is 0 Å². The number of hydrogen-bond donors (Lipinski definition) is 2. The Morgan fingerprint density at radius 2 is 1.68 bits per heavy atom. The predicted molar refractivity (Wildman–Crippen MR) is 193 cm³/mol. The Labute approximate surface area is 296 Å². The Morgan fingerprint density at radius 1 is 0.920 bits per heavy atom. The number of amides is 3. The number of hydrogen-bond acceptors (Lipinski definition) is 8. The standard InChI is InChI=1S/C39H33N3O6S2/c1-19-10-13-22(14-11-19)42-37(44)32-24-17-25(33(32)38(42)45)34-31(24)30(35-36(49-34)41-39(46)50-35)21-12-15-27(28(16-21)47-2)48-18-29(43)40-26-9-5-7-20-6-3-4-8-23(20)26/h3-16,24-25,30-34H,17-18H2,1-2H3,(H,40,43)(H,41,46)/t24?,25?,30-,31?,32?,33?,34?/m1/s1. The number of aryl methyl sites for hydroxylation is 1. The summed E-state index contributed by atoms with van der Waals surface area (Å²) in [6, 6.07) is 26.9. The fourth-order valence-electron chi connectivity index (χ4n) is 9.00. The molecule has 9 nitrogen and oxygen atoms in total. The van der Waals surface area contributed by atoms with Crippen molar-refractivity contribution in [3.8, 4) is 11.5 Å². The number of benzene rings is 4. The van der Waals surface area contributed by atoms with Crippen LogP contribution in [0.25, 0.3) is 10.8 Å². The molecule has 0 spiro atoms. The second-order valence-corrected chi connectivity index (χ2v) is 15.8. The van der Waals surface area contributed by atoms with Crippen LogP contribution < -0.4 is 24.6 Å². The Morgan fingerprint density at radius 3 is 2.48 bits per heavy atom. The van der Waals surface area contributed by atoms with Crippen molar-refractivity contribution < 1.29 is 23.9 Å². The number of anilines is 2. The normalized spacial score (nSPS) is 26.1. The second kappa shape index (κ2) is 11.9. The lowest BCUT2D eigenvalue weighted by Gasteiger charge is -2.43. The molecule has 9 rings (SSSR count). The Hall–Kier alpha value is -4.87. The predicted octanol–water partition coefficient (Wildman–Crippen LogP) is 6.60. The number of ether oxygens (including phenoxy) is 2. The van der Waals surface area contributed by atoms with Crippen molar-refractivity contribution >= 4 is 63.0 Å². The third-order valence-corrected chi connectivity index (χ3v) is 13.6. The molecule has 4 aromatic carbocycles. The van der Waals surface area contributed by atoms with Gasteiger partial charge >= 0.3 is 4.87 Å². The van der Waals surface area contributed by atoms with Gasteiger partial charge in [0.15, 0.2) is 18.1 Å². The highest BCUT2D eigenvalue weighted by Crippen LogP contribution is 2.68. The molecule has 3 fully saturated rings. The second-order valence-electron chi connectivity index (χ2n) is 13.6. The first kappa shape index (κ1) is 31.1. The van der Waals surface area contributed by atoms with E-state index in [1.54, 1.807) is 18.9 Å². The zero-order valence-electron chi connectivity index (χ0n) is 27.3. The van der Waals surface area contributed by atoms with Gasteiger partial charge in [-0.3, -0.25) is 24.1 Å². The monoisotopic (exact) mass is 703 g/mol. The first-order valence-corrected chi connectivity index (χ1v) is 18.4. The van der Waals surface area contributed by atoms with Crippen LogP contribution in [0.1, 0.15) is 28.3 Å². The number of fused-ring (bicyclic) bond motifs is 10. The van der Waals surface area contributed by atoms with Gasteiger partial charge in [-0.1, -0.05) is 71.5 Å². The van der Waals surface area contributed by atoms with E-state index in [-0.39, 0.29) is 70.0 Å². The van der Waals surface area contributed by atoms with Crippen LogP contribution in [0.2, 0.25) is 0 Å². The fraction of sp³-hybridized carbons (Fsp3) is 0.282. The largest absolute Gasteiger partial charge is 0.493 e. The molecule has 2 aliphatic carbocycles. The summed E-state index contributed by atoms with van der Waals surface area (Å²) in [7, 11) is 1.56. The van der Waals surface area contributed by atoms with Crippen LogP contribution in [-0.4, -0.2) is 41.7 Å². The van der Waals surface area contributed by atoms with Gasteiger partial charge in [0.05, 0.1) is 29.7 Å². The molecule has 3 heterocycles. The Bertz CT molecular complexity index is 2260. The highest BCUT2D eigenvalue weighted by molar-refractivity contribution is 8.00. The maximum Gasteiger partial charge on any atom is 0.305 e. The first-order chi connectivity index (χ1) is 24.3. The molecule has 1 saturated heterocycles. The smallest absolute Gasteiger partial charge is 0.305 e. The zero-order chi connectivity index (χ0) is 34.3. The molecule has 3 amide bonds. The van der Waals surface area contributed by atoms with E-state index in [0.29, 0.717) is 22.9 Å².